The molecule has 0 amide bonds. The number of benzene rings is 1. The number of aliphatic hydroxyl groups excluding tert-OH is 1. The fraction of sp³-hybridized carbons (Fsp3) is 0.550. The number of nitrogens with zero attached hydrogens (tertiary/aromatic N) is 2. The molecule has 2 aromatic rings. The summed E-state index contributed by atoms with van der Waals surface area (Å²) in [5.41, 5.74) is 2.11. The Balaban J connectivity index is 1.52. The van der Waals surface area contributed by atoms with Crippen molar-refractivity contribution in [2.24, 2.45) is 11.8 Å². The highest BCUT2D eigenvalue weighted by atomic mass is 19.4. The molecule has 1 N–H and O–H groups in total. The molecule has 4 rings (SSSR count). The first-order valence-electron chi connectivity index (χ1n) is 9.41. The number of imidazole rings is 1. The van der Waals surface area contributed by atoms with Gasteiger partial charge in [0.05, 0.1) is 36.3 Å². The molecule has 1 aliphatic heterocycles. The van der Waals surface area contributed by atoms with Crippen LogP contribution in [0.1, 0.15) is 50.1 Å². The first-order chi connectivity index (χ1) is 12.9. The largest absolute Gasteiger partial charge is 0.393 e. The van der Waals surface area contributed by atoms with Crippen molar-refractivity contribution in [2.75, 3.05) is 0 Å². The Morgan fingerprint density at radius 1 is 1.19 bits per heavy atom. The molecular weight excluding hydrogens is 360 g/mol. The van der Waals surface area contributed by atoms with Gasteiger partial charge in [0.15, 0.2) is 0 Å². The molecule has 1 aliphatic carbocycles. The van der Waals surface area contributed by atoms with Crippen molar-refractivity contribution in [1.29, 1.82) is 0 Å². The van der Waals surface area contributed by atoms with Gasteiger partial charge in [-0.2, -0.15) is 13.2 Å². The van der Waals surface area contributed by atoms with Crippen molar-refractivity contribution in [3.63, 3.8) is 0 Å². The maximum Gasteiger partial charge on any atom is 0.391 e. The van der Waals surface area contributed by atoms with Gasteiger partial charge in [-0.3, -0.25) is 0 Å². The van der Waals surface area contributed by atoms with E-state index in [1.807, 2.05) is 10.6 Å². The average molecular weight is 382 g/mol. The molecule has 4 atom stereocenters. The second-order valence-electron chi connectivity index (χ2n) is 7.71. The molecule has 27 heavy (non-hydrogen) atoms. The highest BCUT2D eigenvalue weighted by Gasteiger charge is 2.41. The van der Waals surface area contributed by atoms with E-state index in [-0.39, 0.29) is 37.0 Å². The lowest BCUT2D eigenvalue weighted by atomic mass is 9.87. The van der Waals surface area contributed by atoms with Crippen molar-refractivity contribution in [1.82, 2.24) is 9.55 Å². The molecular formula is C20H22F4N2O. The number of fused-ring (bicyclic) bond motifs is 3. The fourth-order valence-electron chi connectivity index (χ4n) is 4.69. The number of aliphatic hydroxyl groups is 1. The Morgan fingerprint density at radius 3 is 2.78 bits per heavy atom. The van der Waals surface area contributed by atoms with E-state index in [0.29, 0.717) is 24.8 Å². The molecule has 1 aromatic heterocycles. The number of alkyl halides is 3. The molecule has 0 spiro atoms. The van der Waals surface area contributed by atoms with E-state index >= 15 is 0 Å². The molecule has 4 unspecified atom stereocenters. The minimum absolute atomic E-state index is 0.0527. The molecule has 3 nitrogen and oxygen atoms in total. The lowest BCUT2D eigenvalue weighted by Gasteiger charge is -2.26. The van der Waals surface area contributed by atoms with Gasteiger partial charge < -0.3 is 9.67 Å². The Bertz CT molecular complexity index is 817. The zero-order valence-corrected chi connectivity index (χ0v) is 14.8. The third kappa shape index (κ3) is 3.37. The second kappa shape index (κ2) is 6.93. The summed E-state index contributed by atoms with van der Waals surface area (Å²) in [6.45, 7) is 0. The molecule has 0 radical (unpaired) electrons. The Kier molecular flexibility index (Phi) is 4.74. The Labute approximate surface area is 155 Å². The highest BCUT2D eigenvalue weighted by molar-refractivity contribution is 5.69. The molecule has 1 fully saturated rings. The monoisotopic (exact) mass is 382 g/mol. The van der Waals surface area contributed by atoms with Crippen LogP contribution in [-0.4, -0.2) is 26.9 Å². The third-order valence-corrected chi connectivity index (χ3v) is 6.15. The summed E-state index contributed by atoms with van der Waals surface area (Å²) in [7, 11) is 0. The van der Waals surface area contributed by atoms with Gasteiger partial charge in [0.2, 0.25) is 0 Å². The minimum Gasteiger partial charge on any atom is -0.393 e. The van der Waals surface area contributed by atoms with E-state index in [9.17, 15) is 22.7 Å². The minimum atomic E-state index is -4.17. The molecule has 7 heteroatoms. The van der Waals surface area contributed by atoms with E-state index in [1.165, 1.54) is 6.07 Å². The van der Waals surface area contributed by atoms with Gasteiger partial charge in [-0.05, 0) is 44.1 Å². The molecule has 0 bridgehead atoms. The first kappa shape index (κ1) is 18.5. The standard InChI is InChI=1S/C20H22F4N2O/c21-15-6-2-5-14-17-10-25-11-26(17)16(19(14)15)9-18(27)12-3-1-4-13(8-7-12)20(22,23)24/h2,5-6,10-13,16,18,27H,1,3-4,7-9H2. The lowest BCUT2D eigenvalue weighted by molar-refractivity contribution is -0.177. The summed E-state index contributed by atoms with van der Waals surface area (Å²) >= 11 is 0. The van der Waals surface area contributed by atoms with Crippen molar-refractivity contribution >= 4 is 0 Å². The number of halogens is 4. The summed E-state index contributed by atoms with van der Waals surface area (Å²) in [4.78, 5) is 4.13. The van der Waals surface area contributed by atoms with Crippen LogP contribution in [0.15, 0.2) is 30.7 Å². The van der Waals surface area contributed by atoms with Crippen LogP contribution in [-0.2, 0) is 0 Å². The maximum absolute atomic E-state index is 14.5. The lowest BCUT2D eigenvalue weighted by Crippen LogP contribution is -2.25. The molecule has 0 saturated heterocycles. The van der Waals surface area contributed by atoms with E-state index in [0.717, 1.165) is 11.3 Å². The predicted molar refractivity (Wildman–Crippen MR) is 92.5 cm³/mol. The van der Waals surface area contributed by atoms with E-state index in [4.69, 9.17) is 0 Å². The summed E-state index contributed by atoms with van der Waals surface area (Å²) in [5, 5.41) is 10.8. The normalized spacial score (nSPS) is 26.3. The van der Waals surface area contributed by atoms with Crippen molar-refractivity contribution < 1.29 is 22.7 Å². The highest BCUT2D eigenvalue weighted by Crippen LogP contribution is 2.45. The van der Waals surface area contributed by atoms with Crippen molar-refractivity contribution in [3.8, 4) is 11.3 Å². The zero-order chi connectivity index (χ0) is 19.2. The van der Waals surface area contributed by atoms with Crippen LogP contribution in [0.4, 0.5) is 17.6 Å². The number of hydrogen-bond donors (Lipinski definition) is 1. The Hall–Kier alpha value is -1.89. The van der Waals surface area contributed by atoms with Gasteiger partial charge in [-0.1, -0.05) is 18.6 Å². The van der Waals surface area contributed by atoms with E-state index in [1.54, 1.807) is 18.6 Å². The van der Waals surface area contributed by atoms with Gasteiger partial charge in [-0.15, -0.1) is 0 Å². The molecule has 2 heterocycles. The second-order valence-corrected chi connectivity index (χ2v) is 7.71. The quantitative estimate of drug-likeness (QED) is 0.592. The molecule has 146 valence electrons. The van der Waals surface area contributed by atoms with Crippen LogP contribution >= 0.6 is 0 Å². The summed E-state index contributed by atoms with van der Waals surface area (Å²) in [6.07, 6.45) is 0.179. The van der Waals surface area contributed by atoms with Crippen molar-refractivity contribution in [3.05, 3.63) is 42.1 Å². The SMILES string of the molecule is OC(CC1c2c(F)cccc2-c2cncn21)C1CCCC(C(F)(F)F)CC1. The molecule has 1 saturated carbocycles. The van der Waals surface area contributed by atoms with Crippen LogP contribution in [0.5, 0.6) is 0 Å². The van der Waals surface area contributed by atoms with Gasteiger partial charge in [0, 0.05) is 11.1 Å². The zero-order valence-electron chi connectivity index (χ0n) is 14.8. The topological polar surface area (TPSA) is 38.1 Å². The first-order valence-corrected chi connectivity index (χ1v) is 9.41. The number of hydrogen-bond acceptors (Lipinski definition) is 2. The van der Waals surface area contributed by atoms with E-state index in [2.05, 4.69) is 4.98 Å². The Morgan fingerprint density at radius 2 is 2.00 bits per heavy atom. The van der Waals surface area contributed by atoms with Crippen molar-refractivity contribution in [2.45, 2.75) is 56.8 Å². The van der Waals surface area contributed by atoms with Crippen LogP contribution in [0.25, 0.3) is 11.3 Å². The maximum atomic E-state index is 14.5. The molecule has 1 aromatic carbocycles. The summed E-state index contributed by atoms with van der Waals surface area (Å²) < 4.78 is 55.3. The van der Waals surface area contributed by atoms with Crippen LogP contribution in [0.3, 0.4) is 0 Å². The third-order valence-electron chi connectivity index (χ3n) is 6.15. The average Bonchev–Trinajstić information content (AvgIpc) is 3.08. The van der Waals surface area contributed by atoms with Crippen LogP contribution < -0.4 is 0 Å². The number of aromatic nitrogens is 2. The summed E-state index contributed by atoms with van der Waals surface area (Å²) in [6, 6.07) is 4.50. The van der Waals surface area contributed by atoms with Gasteiger partial charge in [0.1, 0.15) is 5.82 Å². The smallest absolute Gasteiger partial charge is 0.391 e. The van der Waals surface area contributed by atoms with Crippen LogP contribution in [0.2, 0.25) is 0 Å². The summed E-state index contributed by atoms with van der Waals surface area (Å²) in [5.74, 6) is -1.80. The van der Waals surface area contributed by atoms with Gasteiger partial charge in [0.25, 0.3) is 0 Å². The van der Waals surface area contributed by atoms with Gasteiger partial charge >= 0.3 is 6.18 Å². The molecule has 2 aliphatic rings. The fourth-order valence-corrected chi connectivity index (χ4v) is 4.69. The number of rotatable bonds is 3. The van der Waals surface area contributed by atoms with Crippen LogP contribution in [0, 0.1) is 17.7 Å². The predicted octanol–water partition coefficient (Wildman–Crippen LogP) is 5.10. The van der Waals surface area contributed by atoms with E-state index < -0.39 is 18.2 Å². The van der Waals surface area contributed by atoms with Gasteiger partial charge in [-0.25, -0.2) is 9.37 Å².